The molecule has 0 unspecified atom stereocenters. The fourth-order valence-electron chi connectivity index (χ4n) is 2.65. The molecule has 1 aliphatic heterocycles. The smallest absolute Gasteiger partial charge is 0.410 e. The molecule has 0 spiro atoms. The van der Waals surface area contributed by atoms with Crippen LogP contribution in [-0.4, -0.2) is 104 Å². The molecule has 1 fully saturated rings. The molecule has 31 heavy (non-hydrogen) atoms. The molecule has 1 saturated heterocycles. The summed E-state index contributed by atoms with van der Waals surface area (Å²) >= 11 is 0. The number of rotatable bonds is 6. The molecule has 182 valence electrons. The third-order valence-corrected chi connectivity index (χ3v) is 4.12. The van der Waals surface area contributed by atoms with Gasteiger partial charge in [-0.15, -0.1) is 24.0 Å². The van der Waals surface area contributed by atoms with Gasteiger partial charge in [0.2, 0.25) is 0 Å². The first-order valence-electron chi connectivity index (χ1n) is 10.3. The molecule has 11 heteroatoms. The zero-order valence-corrected chi connectivity index (χ0v) is 22.3. The maximum absolute atomic E-state index is 12.3. The SMILES string of the molecule is COCCN(CCN=C(N)N1CCN(C(=O)OC(C)(C)C)CC1)C(=O)OC(C)(C)C.I. The van der Waals surface area contributed by atoms with Crippen LogP contribution in [0.2, 0.25) is 0 Å². The highest BCUT2D eigenvalue weighted by Crippen LogP contribution is 2.12. The number of methoxy groups -OCH3 is 1. The summed E-state index contributed by atoms with van der Waals surface area (Å²) in [5, 5.41) is 0. The normalized spacial score (nSPS) is 15.3. The van der Waals surface area contributed by atoms with Crippen molar-refractivity contribution in [2.24, 2.45) is 10.7 Å². The number of ether oxygens (including phenoxy) is 3. The van der Waals surface area contributed by atoms with Crippen molar-refractivity contribution in [1.82, 2.24) is 14.7 Å². The molecule has 0 aromatic carbocycles. The Hall–Kier alpha value is -1.50. The molecule has 0 saturated carbocycles. The number of amides is 2. The van der Waals surface area contributed by atoms with Crippen LogP contribution >= 0.6 is 24.0 Å². The number of guanidine groups is 1. The van der Waals surface area contributed by atoms with Gasteiger partial charge in [0, 0.05) is 46.4 Å². The van der Waals surface area contributed by atoms with E-state index in [0.717, 1.165) is 0 Å². The summed E-state index contributed by atoms with van der Waals surface area (Å²) in [6.45, 7) is 14.7. The molecular weight excluding hydrogens is 517 g/mol. The number of nitrogens with zero attached hydrogens (tertiary/aromatic N) is 4. The van der Waals surface area contributed by atoms with Crippen LogP contribution in [0.3, 0.4) is 0 Å². The van der Waals surface area contributed by atoms with Gasteiger partial charge in [0.15, 0.2) is 5.96 Å². The van der Waals surface area contributed by atoms with Crippen molar-refractivity contribution in [1.29, 1.82) is 0 Å². The van der Waals surface area contributed by atoms with E-state index in [2.05, 4.69) is 4.99 Å². The summed E-state index contributed by atoms with van der Waals surface area (Å²) in [7, 11) is 1.58. The minimum Gasteiger partial charge on any atom is -0.444 e. The van der Waals surface area contributed by atoms with Gasteiger partial charge in [0.05, 0.1) is 13.2 Å². The van der Waals surface area contributed by atoms with Crippen LogP contribution in [0.5, 0.6) is 0 Å². The Morgan fingerprint density at radius 2 is 1.45 bits per heavy atom. The zero-order chi connectivity index (χ0) is 22.9. The number of carbonyl (C=O) groups is 2. The molecule has 2 amide bonds. The van der Waals surface area contributed by atoms with Gasteiger partial charge in [0.25, 0.3) is 0 Å². The van der Waals surface area contributed by atoms with Gasteiger partial charge in [-0.1, -0.05) is 0 Å². The third kappa shape index (κ3) is 12.2. The Morgan fingerprint density at radius 3 is 1.94 bits per heavy atom. The van der Waals surface area contributed by atoms with Crippen LogP contribution in [0, 0.1) is 0 Å². The van der Waals surface area contributed by atoms with Crippen molar-refractivity contribution in [3.8, 4) is 0 Å². The largest absolute Gasteiger partial charge is 0.444 e. The summed E-state index contributed by atoms with van der Waals surface area (Å²) < 4.78 is 15.9. The molecule has 0 atom stereocenters. The summed E-state index contributed by atoms with van der Waals surface area (Å²) in [6, 6.07) is 0. The second-order valence-electron chi connectivity index (χ2n) is 9.15. The van der Waals surface area contributed by atoms with Crippen molar-refractivity contribution in [2.75, 3.05) is 59.5 Å². The van der Waals surface area contributed by atoms with Crippen LogP contribution in [0.1, 0.15) is 41.5 Å². The van der Waals surface area contributed by atoms with Crippen LogP contribution in [0.4, 0.5) is 9.59 Å². The van der Waals surface area contributed by atoms with Crippen molar-refractivity contribution < 1.29 is 23.8 Å². The van der Waals surface area contributed by atoms with Crippen molar-refractivity contribution in [3.63, 3.8) is 0 Å². The van der Waals surface area contributed by atoms with E-state index in [1.54, 1.807) is 16.9 Å². The monoisotopic (exact) mass is 557 g/mol. The fourth-order valence-corrected chi connectivity index (χ4v) is 2.65. The van der Waals surface area contributed by atoms with Gasteiger partial charge in [-0.25, -0.2) is 9.59 Å². The highest BCUT2D eigenvalue weighted by Gasteiger charge is 2.26. The van der Waals surface area contributed by atoms with E-state index in [1.807, 2.05) is 46.4 Å². The number of aliphatic imine (C=N–C) groups is 1. The van der Waals surface area contributed by atoms with Gasteiger partial charge in [-0.05, 0) is 41.5 Å². The molecule has 0 radical (unpaired) electrons. The zero-order valence-electron chi connectivity index (χ0n) is 20.0. The fraction of sp³-hybridized carbons (Fsp3) is 0.850. The van der Waals surface area contributed by atoms with Gasteiger partial charge in [-0.2, -0.15) is 0 Å². The molecular formula is C20H40IN5O5. The first-order chi connectivity index (χ1) is 13.8. The molecule has 1 aliphatic rings. The van der Waals surface area contributed by atoms with Crippen molar-refractivity contribution in [2.45, 2.75) is 52.7 Å². The maximum atomic E-state index is 12.3. The van der Waals surface area contributed by atoms with Gasteiger partial charge in [-0.3, -0.25) is 4.99 Å². The number of piperazine rings is 1. The molecule has 0 aliphatic carbocycles. The lowest BCUT2D eigenvalue weighted by Gasteiger charge is -2.36. The molecule has 0 aromatic rings. The summed E-state index contributed by atoms with van der Waals surface area (Å²) in [5.74, 6) is 0.398. The Kier molecular flexibility index (Phi) is 12.5. The van der Waals surface area contributed by atoms with Gasteiger partial charge < -0.3 is 34.6 Å². The average Bonchev–Trinajstić information content (AvgIpc) is 2.61. The van der Waals surface area contributed by atoms with E-state index >= 15 is 0 Å². The number of hydrogen-bond donors (Lipinski definition) is 1. The minimum atomic E-state index is -0.571. The number of halogens is 1. The second kappa shape index (κ2) is 13.1. The number of carbonyl (C=O) groups excluding carboxylic acids is 2. The highest BCUT2D eigenvalue weighted by molar-refractivity contribution is 14.0. The first-order valence-corrected chi connectivity index (χ1v) is 10.3. The van der Waals surface area contributed by atoms with E-state index in [9.17, 15) is 9.59 Å². The second-order valence-corrected chi connectivity index (χ2v) is 9.15. The standard InChI is InChI=1S/C20H39N5O5.HI/c1-19(2,3)29-17(26)24(14-15-28-7)9-8-22-16(21)23-10-12-25(13-11-23)18(27)30-20(4,5)6;/h8-15H2,1-7H3,(H2,21,22);1H. The van der Waals surface area contributed by atoms with Gasteiger partial charge in [0.1, 0.15) is 11.2 Å². The van der Waals surface area contributed by atoms with Crippen molar-refractivity contribution >= 4 is 42.1 Å². The first kappa shape index (κ1) is 29.5. The predicted octanol–water partition coefficient (Wildman–Crippen LogP) is 2.36. The van der Waals surface area contributed by atoms with Gasteiger partial charge >= 0.3 is 12.2 Å². The lowest BCUT2D eigenvalue weighted by atomic mass is 10.2. The Bertz CT molecular complexity index is 596. The third-order valence-electron chi connectivity index (χ3n) is 4.12. The van der Waals surface area contributed by atoms with Crippen molar-refractivity contribution in [3.05, 3.63) is 0 Å². The summed E-state index contributed by atoms with van der Waals surface area (Å²) in [5.41, 5.74) is 5.03. The topological polar surface area (TPSA) is 110 Å². The van der Waals surface area contributed by atoms with E-state index < -0.39 is 17.3 Å². The summed E-state index contributed by atoms with van der Waals surface area (Å²) in [6.07, 6.45) is -0.719. The lowest BCUT2D eigenvalue weighted by molar-refractivity contribution is 0.0185. The molecule has 0 aromatic heterocycles. The molecule has 2 N–H and O–H groups in total. The quantitative estimate of drug-likeness (QED) is 0.303. The van der Waals surface area contributed by atoms with Crippen LogP contribution in [0.25, 0.3) is 0 Å². The lowest BCUT2D eigenvalue weighted by Crippen LogP contribution is -2.53. The molecule has 1 heterocycles. The van der Waals surface area contributed by atoms with E-state index in [0.29, 0.717) is 58.4 Å². The van der Waals surface area contributed by atoms with Crippen LogP contribution in [-0.2, 0) is 14.2 Å². The molecule has 1 rings (SSSR count). The predicted molar refractivity (Wildman–Crippen MR) is 131 cm³/mol. The Balaban J connectivity index is 0.00000900. The summed E-state index contributed by atoms with van der Waals surface area (Å²) in [4.78, 5) is 34.1. The van der Waals surface area contributed by atoms with Crippen LogP contribution in [0.15, 0.2) is 4.99 Å². The molecule has 0 bridgehead atoms. The maximum Gasteiger partial charge on any atom is 0.410 e. The number of hydrogen-bond acceptors (Lipinski definition) is 6. The number of nitrogens with two attached hydrogens (primary N) is 1. The Labute approximate surface area is 203 Å². The van der Waals surface area contributed by atoms with E-state index in [1.165, 1.54) is 0 Å². The average molecular weight is 557 g/mol. The van der Waals surface area contributed by atoms with E-state index in [-0.39, 0.29) is 30.1 Å². The highest BCUT2D eigenvalue weighted by atomic mass is 127. The van der Waals surface area contributed by atoms with Crippen LogP contribution < -0.4 is 5.73 Å². The Morgan fingerprint density at radius 1 is 0.935 bits per heavy atom. The van der Waals surface area contributed by atoms with E-state index in [4.69, 9.17) is 19.9 Å². The minimum absolute atomic E-state index is 0. The molecule has 10 nitrogen and oxygen atoms in total.